The summed E-state index contributed by atoms with van der Waals surface area (Å²) in [7, 11) is -4.73. The van der Waals surface area contributed by atoms with Gasteiger partial charge in [-0.3, -0.25) is 13.9 Å². The Morgan fingerprint density at radius 1 is 1.25 bits per heavy atom. The Labute approximate surface area is 179 Å². The van der Waals surface area contributed by atoms with Crippen LogP contribution in [0.25, 0.3) is 0 Å². The minimum absolute atomic E-state index is 0.00575. The van der Waals surface area contributed by atoms with Crippen LogP contribution < -0.4 is 4.74 Å². The van der Waals surface area contributed by atoms with Gasteiger partial charge in [0.15, 0.2) is 5.71 Å². The maximum absolute atomic E-state index is 14.0. The van der Waals surface area contributed by atoms with Crippen molar-refractivity contribution >= 4 is 33.7 Å². The molecule has 0 spiro atoms. The fourth-order valence-electron chi connectivity index (χ4n) is 2.27. The molecular weight excluding hydrogens is 463 g/mol. The van der Waals surface area contributed by atoms with Gasteiger partial charge in [0.1, 0.15) is 18.4 Å². The number of amides is 3. The molecule has 172 valence electrons. The molecule has 1 saturated heterocycles. The highest BCUT2D eigenvalue weighted by Gasteiger charge is 2.56. The number of nitrogens with zero attached hydrogens (tertiary/aromatic N) is 3. The van der Waals surface area contributed by atoms with E-state index in [1.165, 1.54) is 37.4 Å². The van der Waals surface area contributed by atoms with Crippen molar-refractivity contribution in [2.45, 2.75) is 24.3 Å². The zero-order valence-corrected chi connectivity index (χ0v) is 17.0. The number of methoxy groups -OCH3 is 1. The second kappa shape index (κ2) is 9.64. The molecule has 0 bridgehead atoms. The van der Waals surface area contributed by atoms with Crippen LogP contribution >= 0.6 is 0 Å². The Hall–Kier alpha value is -3.67. The number of carbonyl (C=O) groups excluding carboxylic acids is 3. The van der Waals surface area contributed by atoms with Crippen LogP contribution in [0.5, 0.6) is 5.75 Å². The summed E-state index contributed by atoms with van der Waals surface area (Å²) in [6.07, 6.45) is -6.01. The van der Waals surface area contributed by atoms with E-state index in [1.54, 1.807) is 0 Å². The van der Waals surface area contributed by atoms with Crippen LogP contribution in [0, 0.1) is 11.3 Å². The molecule has 1 aliphatic heterocycles. The maximum Gasteiger partial charge on any atom is 0.423 e. The van der Waals surface area contributed by atoms with Crippen molar-refractivity contribution < 1.29 is 49.7 Å². The van der Waals surface area contributed by atoms with E-state index in [0.717, 1.165) is 0 Å². The molecule has 11 nitrogen and oxygen atoms in total. The van der Waals surface area contributed by atoms with Crippen LogP contribution in [0.4, 0.5) is 18.0 Å². The quantitative estimate of drug-likeness (QED) is 0.308. The molecule has 15 heteroatoms. The third-order valence-corrected chi connectivity index (χ3v) is 5.17. The number of ether oxygens (including phenoxy) is 2. The first-order valence-electron chi connectivity index (χ1n) is 8.54. The predicted molar refractivity (Wildman–Crippen MR) is 97.4 cm³/mol. The molecule has 1 atom stereocenters. The van der Waals surface area contributed by atoms with Crippen LogP contribution in [-0.2, 0) is 28.7 Å². The smallest absolute Gasteiger partial charge is 0.423 e. The zero-order chi connectivity index (χ0) is 24.1. The largest absolute Gasteiger partial charge is 0.497 e. The Balaban J connectivity index is 2.08. The number of alkyl halides is 3. The SMILES string of the molecule is COc1ccc(/C(C#N)=N\OS(=O)(=O)C(F)(F)C(F)COC(=O)N2C(=O)CCC2=O)cc1. The van der Waals surface area contributed by atoms with Gasteiger partial charge in [0.25, 0.3) is 0 Å². The molecule has 3 amide bonds. The molecule has 0 N–H and O–H groups in total. The van der Waals surface area contributed by atoms with Gasteiger partial charge >= 0.3 is 21.5 Å². The summed E-state index contributed by atoms with van der Waals surface area (Å²) in [5, 5.41) is 6.61. The van der Waals surface area contributed by atoms with Crippen LogP contribution in [0.3, 0.4) is 0 Å². The number of oxime groups is 1. The topological polar surface area (TPSA) is 152 Å². The van der Waals surface area contributed by atoms with E-state index in [0.29, 0.717) is 5.75 Å². The lowest BCUT2D eigenvalue weighted by Gasteiger charge is -2.19. The Morgan fingerprint density at radius 2 is 1.81 bits per heavy atom. The van der Waals surface area contributed by atoms with E-state index in [4.69, 9.17) is 10.00 Å². The Bertz CT molecular complexity index is 1070. The summed E-state index contributed by atoms with van der Waals surface area (Å²) in [6, 6.07) is 6.68. The average Bonchev–Trinajstić information content (AvgIpc) is 3.10. The minimum atomic E-state index is -6.08. The molecule has 32 heavy (non-hydrogen) atoms. The fourth-order valence-corrected chi connectivity index (χ4v) is 2.92. The van der Waals surface area contributed by atoms with Crippen molar-refractivity contribution in [3.63, 3.8) is 0 Å². The average molecular weight is 477 g/mol. The third-order valence-electron chi connectivity index (χ3n) is 3.98. The number of rotatable bonds is 8. The first-order valence-corrected chi connectivity index (χ1v) is 9.95. The lowest BCUT2D eigenvalue weighted by atomic mass is 10.1. The number of hydrogen-bond donors (Lipinski definition) is 0. The number of carbonyl (C=O) groups is 3. The van der Waals surface area contributed by atoms with E-state index in [1.807, 2.05) is 0 Å². The number of halogens is 3. The van der Waals surface area contributed by atoms with Crippen molar-refractivity contribution in [3.8, 4) is 11.8 Å². The summed E-state index contributed by atoms with van der Waals surface area (Å²) in [6.45, 7) is -1.82. The number of likely N-dealkylation sites (tertiary alicyclic amines) is 1. The van der Waals surface area contributed by atoms with Gasteiger partial charge in [-0.2, -0.15) is 27.4 Å². The minimum Gasteiger partial charge on any atom is -0.497 e. The highest BCUT2D eigenvalue weighted by atomic mass is 32.2. The van der Waals surface area contributed by atoms with Crippen molar-refractivity contribution in [2.24, 2.45) is 5.16 Å². The number of imide groups is 3. The predicted octanol–water partition coefficient (Wildman–Crippen LogP) is 1.49. The highest BCUT2D eigenvalue weighted by Crippen LogP contribution is 2.30. The van der Waals surface area contributed by atoms with Crippen LogP contribution in [-0.4, -0.2) is 62.1 Å². The van der Waals surface area contributed by atoms with Crippen LogP contribution in [0.15, 0.2) is 29.4 Å². The fraction of sp³-hybridized carbons (Fsp3) is 0.353. The summed E-state index contributed by atoms with van der Waals surface area (Å²) in [5.74, 6) is -1.58. The molecule has 1 fully saturated rings. The van der Waals surface area contributed by atoms with Gasteiger partial charge in [0.05, 0.1) is 7.11 Å². The summed E-state index contributed by atoms with van der Waals surface area (Å²) in [4.78, 5) is 34.3. The monoisotopic (exact) mass is 477 g/mol. The molecule has 1 unspecified atom stereocenters. The van der Waals surface area contributed by atoms with E-state index < -0.39 is 51.8 Å². The van der Waals surface area contributed by atoms with E-state index in [-0.39, 0.29) is 23.3 Å². The van der Waals surface area contributed by atoms with Gasteiger partial charge in [-0.05, 0) is 24.3 Å². The van der Waals surface area contributed by atoms with E-state index in [9.17, 15) is 36.0 Å². The van der Waals surface area contributed by atoms with Crippen molar-refractivity contribution in [2.75, 3.05) is 13.7 Å². The first kappa shape index (κ1) is 24.6. The van der Waals surface area contributed by atoms with Gasteiger partial charge in [0, 0.05) is 18.4 Å². The molecule has 0 radical (unpaired) electrons. The van der Waals surface area contributed by atoms with Crippen molar-refractivity contribution in [1.29, 1.82) is 5.26 Å². The van der Waals surface area contributed by atoms with E-state index in [2.05, 4.69) is 14.2 Å². The number of nitriles is 1. The molecule has 1 heterocycles. The molecule has 0 aliphatic carbocycles. The lowest BCUT2D eigenvalue weighted by molar-refractivity contribution is -0.136. The molecule has 2 rings (SSSR count). The highest BCUT2D eigenvalue weighted by molar-refractivity contribution is 7.87. The molecule has 0 saturated carbocycles. The van der Waals surface area contributed by atoms with Gasteiger partial charge in [0.2, 0.25) is 18.0 Å². The maximum atomic E-state index is 14.0. The zero-order valence-electron chi connectivity index (χ0n) is 16.2. The lowest BCUT2D eigenvalue weighted by Crippen LogP contribution is -2.44. The number of benzene rings is 1. The second-order valence-electron chi connectivity index (χ2n) is 6.04. The standard InChI is InChI=1S/C17H14F3N3O8S/c1-29-11-4-2-10(3-5-11)12(8-21)22-31-32(27,28)17(19,20)13(18)9-30-16(26)23-14(24)6-7-15(23)25/h2-5,13H,6-7,9H2,1H3/b22-12-. The Morgan fingerprint density at radius 3 is 2.31 bits per heavy atom. The van der Waals surface area contributed by atoms with Gasteiger partial charge < -0.3 is 9.47 Å². The Kier molecular flexibility index (Phi) is 7.41. The van der Waals surface area contributed by atoms with Gasteiger partial charge in [-0.25, -0.2) is 9.18 Å². The summed E-state index contributed by atoms with van der Waals surface area (Å²) in [5.41, 5.74) is -0.739. The molecule has 1 aliphatic rings. The molecule has 1 aromatic carbocycles. The van der Waals surface area contributed by atoms with Crippen molar-refractivity contribution in [1.82, 2.24) is 4.90 Å². The van der Waals surface area contributed by atoms with Crippen LogP contribution in [0.2, 0.25) is 0 Å². The molecule has 1 aromatic rings. The first-order chi connectivity index (χ1) is 14.9. The second-order valence-corrected chi connectivity index (χ2v) is 7.64. The summed E-state index contributed by atoms with van der Waals surface area (Å²) < 4.78 is 78.3. The van der Waals surface area contributed by atoms with Crippen LogP contribution in [0.1, 0.15) is 18.4 Å². The summed E-state index contributed by atoms with van der Waals surface area (Å²) >= 11 is 0. The van der Waals surface area contributed by atoms with E-state index >= 15 is 0 Å². The third kappa shape index (κ3) is 5.14. The molecular formula is C17H14F3N3O8S. The van der Waals surface area contributed by atoms with Gasteiger partial charge in [-0.15, -0.1) is 0 Å². The molecule has 0 aromatic heterocycles. The van der Waals surface area contributed by atoms with Crippen molar-refractivity contribution in [3.05, 3.63) is 29.8 Å². The van der Waals surface area contributed by atoms with Gasteiger partial charge in [-0.1, -0.05) is 5.16 Å². The number of hydrogen-bond acceptors (Lipinski definition) is 10. The normalized spacial score (nSPS) is 15.8.